The van der Waals surface area contributed by atoms with Gasteiger partial charge in [-0.15, -0.1) is 18.3 Å². The zero-order valence-corrected chi connectivity index (χ0v) is 24.5. The summed E-state index contributed by atoms with van der Waals surface area (Å²) in [5.74, 6) is -0.416. The Morgan fingerprint density at radius 2 is 1.66 bits per heavy atom. The van der Waals surface area contributed by atoms with Gasteiger partial charge in [0.2, 0.25) is 0 Å². The predicted molar refractivity (Wildman–Crippen MR) is 155 cm³/mol. The second-order valence-electron chi connectivity index (χ2n) is 11.9. The lowest BCUT2D eigenvalue weighted by atomic mass is 9.71. The molecule has 44 heavy (non-hydrogen) atoms. The Morgan fingerprint density at radius 1 is 0.977 bits per heavy atom. The highest BCUT2D eigenvalue weighted by Gasteiger charge is 2.32. The van der Waals surface area contributed by atoms with Crippen LogP contribution in [0.4, 0.5) is 19.1 Å². The number of H-pyrrole nitrogens is 1. The van der Waals surface area contributed by atoms with Gasteiger partial charge >= 0.3 is 6.36 Å². The molecule has 2 heterocycles. The van der Waals surface area contributed by atoms with Crippen LogP contribution in [0.5, 0.6) is 5.75 Å². The number of halogens is 3. The lowest BCUT2D eigenvalue weighted by Gasteiger charge is -2.37. The Hall–Kier alpha value is -4.75. The number of aromatic nitrogens is 6. The van der Waals surface area contributed by atoms with Crippen molar-refractivity contribution in [2.45, 2.75) is 65.4 Å². The smallest absolute Gasteiger partial charge is 0.406 e. The van der Waals surface area contributed by atoms with Crippen LogP contribution in [0.3, 0.4) is 0 Å². The number of nitrogens with one attached hydrogen (secondary N) is 3. The molecule has 11 nitrogen and oxygen atoms in total. The molecule has 4 aromatic rings. The zero-order chi connectivity index (χ0) is 31.5. The Kier molecular flexibility index (Phi) is 8.70. The van der Waals surface area contributed by atoms with E-state index < -0.39 is 12.3 Å². The largest absolute Gasteiger partial charge is 0.573 e. The molecule has 1 aliphatic carbocycles. The maximum atomic E-state index is 13.6. The lowest BCUT2D eigenvalue weighted by molar-refractivity contribution is -0.274. The summed E-state index contributed by atoms with van der Waals surface area (Å²) in [5, 5.41) is 23.4. The van der Waals surface area contributed by atoms with E-state index in [9.17, 15) is 22.8 Å². The van der Waals surface area contributed by atoms with Crippen molar-refractivity contribution >= 4 is 17.8 Å². The van der Waals surface area contributed by atoms with Crippen LogP contribution in [-0.4, -0.2) is 54.6 Å². The number of rotatable bonds is 8. The molecule has 0 atom stereocenters. The minimum Gasteiger partial charge on any atom is -0.406 e. The Balaban J connectivity index is 1.35. The molecule has 0 spiro atoms. The maximum absolute atomic E-state index is 13.6. The second kappa shape index (κ2) is 12.5. The summed E-state index contributed by atoms with van der Waals surface area (Å²) in [6, 6.07) is 13.7. The van der Waals surface area contributed by atoms with Gasteiger partial charge in [0.05, 0.1) is 12.2 Å². The second-order valence-corrected chi connectivity index (χ2v) is 11.9. The summed E-state index contributed by atoms with van der Waals surface area (Å²) in [4.78, 5) is 26.0. The molecular weight excluding hydrogens is 577 g/mol. The van der Waals surface area contributed by atoms with Gasteiger partial charge in [-0.2, -0.15) is 10.3 Å². The molecule has 0 aliphatic heterocycles. The molecule has 2 aromatic carbocycles. The number of ether oxygens (including phenoxy) is 1. The quantitative estimate of drug-likeness (QED) is 0.236. The SMILES string of the molecule is CC(C)(C)C1CCC(NC(=O)c2cc(-c3ccc(OC(F)(F)F)cc3)nn2Cc2ccc(C(=O)Nc3nn[nH]n3)cc2)CC1. The van der Waals surface area contributed by atoms with Crippen LogP contribution < -0.4 is 15.4 Å². The Bertz CT molecular complexity index is 1570. The number of hydrogen-bond acceptors (Lipinski definition) is 7. The third-order valence-electron chi connectivity index (χ3n) is 7.80. The van der Waals surface area contributed by atoms with Crippen LogP contribution in [0.25, 0.3) is 11.3 Å². The number of hydrogen-bond donors (Lipinski definition) is 3. The molecular formula is C30H33F3N8O3. The first-order chi connectivity index (χ1) is 20.8. The van der Waals surface area contributed by atoms with Crippen molar-refractivity contribution < 1.29 is 27.5 Å². The topological polar surface area (TPSA) is 140 Å². The average Bonchev–Trinajstić information content (AvgIpc) is 3.63. The fourth-order valence-corrected chi connectivity index (χ4v) is 5.37. The van der Waals surface area contributed by atoms with Crippen LogP contribution in [0.15, 0.2) is 54.6 Å². The van der Waals surface area contributed by atoms with Crippen LogP contribution in [0.1, 0.15) is 72.9 Å². The van der Waals surface area contributed by atoms with Gasteiger partial charge in [-0.25, -0.2) is 0 Å². The summed E-state index contributed by atoms with van der Waals surface area (Å²) in [5.41, 5.74) is 2.60. The minimum atomic E-state index is -4.80. The van der Waals surface area contributed by atoms with Crippen LogP contribution in [0, 0.1) is 11.3 Å². The van der Waals surface area contributed by atoms with Gasteiger partial charge in [0, 0.05) is 17.2 Å². The zero-order valence-electron chi connectivity index (χ0n) is 24.5. The summed E-state index contributed by atoms with van der Waals surface area (Å²) >= 11 is 0. The molecule has 5 rings (SSSR count). The number of nitrogens with zero attached hydrogens (tertiary/aromatic N) is 5. The third-order valence-corrected chi connectivity index (χ3v) is 7.80. The van der Waals surface area contributed by atoms with E-state index in [1.807, 2.05) is 0 Å². The van der Waals surface area contributed by atoms with E-state index in [1.165, 1.54) is 24.3 Å². The standard InChI is InChI=1S/C30H33F3N8O3/c1-29(2,3)21-10-12-22(13-11-21)34-27(43)25-16-24(19-8-14-23(15-9-19)44-30(31,32)33)38-41(25)17-18-4-6-20(7-5-18)26(42)35-28-36-39-40-37-28/h4-9,14-16,21-22H,10-13,17H2,1-3H3,(H,34,43)(H2,35,36,37,39,40,42). The molecule has 0 radical (unpaired) electrons. The molecule has 0 unspecified atom stereocenters. The molecule has 2 amide bonds. The summed E-state index contributed by atoms with van der Waals surface area (Å²) in [7, 11) is 0. The number of amides is 2. The van der Waals surface area contributed by atoms with Crippen molar-refractivity contribution in [1.29, 1.82) is 0 Å². The first-order valence-corrected chi connectivity index (χ1v) is 14.2. The fraction of sp³-hybridized carbons (Fsp3) is 0.400. The first kappa shape index (κ1) is 30.7. The summed E-state index contributed by atoms with van der Waals surface area (Å²) in [6.45, 7) is 6.93. The monoisotopic (exact) mass is 610 g/mol. The van der Waals surface area contributed by atoms with Crippen LogP contribution in [-0.2, 0) is 6.54 Å². The highest BCUT2D eigenvalue weighted by molar-refractivity contribution is 6.03. The van der Waals surface area contributed by atoms with E-state index in [-0.39, 0.29) is 35.6 Å². The Morgan fingerprint density at radius 3 is 2.25 bits per heavy atom. The van der Waals surface area contributed by atoms with Gasteiger partial charge in [-0.1, -0.05) is 38.0 Å². The van der Waals surface area contributed by atoms with Crippen molar-refractivity contribution in [2.75, 3.05) is 5.32 Å². The number of benzene rings is 2. The van der Waals surface area contributed by atoms with E-state index in [0.717, 1.165) is 31.2 Å². The fourth-order valence-electron chi connectivity index (χ4n) is 5.37. The molecule has 14 heteroatoms. The van der Waals surface area contributed by atoms with Crippen molar-refractivity contribution in [3.8, 4) is 17.0 Å². The molecule has 0 bridgehead atoms. The number of alkyl halides is 3. The third kappa shape index (κ3) is 7.79. The van der Waals surface area contributed by atoms with Gasteiger partial charge in [0.15, 0.2) is 0 Å². The average molecular weight is 611 g/mol. The number of carbonyl (C=O) groups excluding carboxylic acids is 2. The van der Waals surface area contributed by atoms with Crippen LogP contribution in [0.2, 0.25) is 0 Å². The number of carbonyl (C=O) groups is 2. The maximum Gasteiger partial charge on any atom is 0.573 e. The normalized spacial score (nSPS) is 17.2. The van der Waals surface area contributed by atoms with Crippen LogP contribution >= 0.6 is 0 Å². The number of aromatic amines is 1. The number of anilines is 1. The van der Waals surface area contributed by atoms with Gasteiger partial charge in [-0.05, 0) is 90.3 Å². The van der Waals surface area contributed by atoms with Crippen molar-refractivity contribution in [1.82, 2.24) is 35.7 Å². The molecule has 1 aliphatic rings. The summed E-state index contributed by atoms with van der Waals surface area (Å²) < 4.78 is 43.4. The van der Waals surface area contributed by atoms with E-state index >= 15 is 0 Å². The molecule has 1 fully saturated rings. The predicted octanol–water partition coefficient (Wildman–Crippen LogP) is 5.60. The van der Waals surface area contributed by atoms with Crippen molar-refractivity contribution in [3.05, 3.63) is 71.4 Å². The van der Waals surface area contributed by atoms with E-state index in [2.05, 4.69) is 61.9 Å². The highest BCUT2D eigenvalue weighted by Crippen LogP contribution is 2.38. The van der Waals surface area contributed by atoms with Crippen molar-refractivity contribution in [2.24, 2.45) is 11.3 Å². The van der Waals surface area contributed by atoms with E-state index in [0.29, 0.717) is 28.4 Å². The molecule has 0 saturated heterocycles. The number of tetrazole rings is 1. The van der Waals surface area contributed by atoms with E-state index in [1.54, 1.807) is 35.0 Å². The first-order valence-electron chi connectivity index (χ1n) is 14.2. The minimum absolute atomic E-state index is 0.0312. The molecule has 2 aromatic heterocycles. The van der Waals surface area contributed by atoms with Gasteiger partial charge in [0.1, 0.15) is 11.4 Å². The summed E-state index contributed by atoms with van der Waals surface area (Å²) in [6.07, 6.45) is -0.995. The van der Waals surface area contributed by atoms with Crippen molar-refractivity contribution in [3.63, 3.8) is 0 Å². The van der Waals surface area contributed by atoms with Gasteiger partial charge < -0.3 is 10.1 Å². The molecule has 1 saturated carbocycles. The highest BCUT2D eigenvalue weighted by atomic mass is 19.4. The molecule has 232 valence electrons. The van der Waals surface area contributed by atoms with Gasteiger partial charge in [0.25, 0.3) is 17.8 Å². The van der Waals surface area contributed by atoms with E-state index in [4.69, 9.17) is 0 Å². The van der Waals surface area contributed by atoms with Gasteiger partial charge in [-0.3, -0.25) is 19.6 Å². The lowest BCUT2D eigenvalue weighted by Crippen LogP contribution is -2.40. The Labute approximate surface area is 251 Å². The molecule has 3 N–H and O–H groups in total.